The molecule has 3 heterocycles. The lowest BCUT2D eigenvalue weighted by atomic mass is 9.85. The number of halogens is 1. The summed E-state index contributed by atoms with van der Waals surface area (Å²) in [5, 5.41) is 4.23. The molecule has 7 heteroatoms. The summed E-state index contributed by atoms with van der Waals surface area (Å²) < 4.78 is 15.1. The molecule has 2 aromatic rings. The Bertz CT molecular complexity index is 986. The number of rotatable bonds is 4. The third-order valence-electron chi connectivity index (χ3n) is 7.80. The Kier molecular flexibility index (Phi) is 6.38. The maximum absolute atomic E-state index is 14.0. The van der Waals surface area contributed by atoms with Crippen molar-refractivity contribution in [3.05, 3.63) is 23.8 Å². The molecule has 1 aromatic carbocycles. The van der Waals surface area contributed by atoms with Gasteiger partial charge in [-0.15, -0.1) is 0 Å². The monoisotopic (exact) mass is 474 g/mol. The van der Waals surface area contributed by atoms with E-state index in [4.69, 9.17) is 4.98 Å². The zero-order valence-corrected chi connectivity index (χ0v) is 21.0. The number of hydrogen-bond acceptors (Lipinski definition) is 5. The minimum atomic E-state index is -1.08. The number of nitrogens with zero attached hydrogens (tertiary/aromatic N) is 3. The van der Waals surface area contributed by atoms with Gasteiger partial charge in [0.2, 0.25) is 0 Å². The van der Waals surface area contributed by atoms with Crippen molar-refractivity contribution in [1.29, 1.82) is 0 Å². The molecule has 2 aliphatic carbocycles. The molecule has 6 rings (SSSR count). The van der Waals surface area contributed by atoms with E-state index >= 15 is 0 Å². The van der Waals surface area contributed by atoms with Crippen molar-refractivity contribution in [2.24, 2.45) is 0 Å². The molecule has 4 fully saturated rings. The Morgan fingerprint density at radius 3 is 2.36 bits per heavy atom. The molecule has 2 bridgehead atoms. The van der Waals surface area contributed by atoms with Crippen molar-refractivity contribution in [2.45, 2.75) is 102 Å². The van der Waals surface area contributed by atoms with E-state index in [1.807, 2.05) is 32.0 Å². The second-order valence-electron chi connectivity index (χ2n) is 10.3. The van der Waals surface area contributed by atoms with Crippen LogP contribution in [-0.4, -0.2) is 58.7 Å². The van der Waals surface area contributed by atoms with Gasteiger partial charge >= 0.3 is 0 Å². The van der Waals surface area contributed by atoms with E-state index < -0.39 is 5.67 Å². The fourth-order valence-electron chi connectivity index (χ4n) is 5.78. The maximum atomic E-state index is 14.0. The molecule has 2 saturated heterocycles. The van der Waals surface area contributed by atoms with Crippen molar-refractivity contribution in [1.82, 2.24) is 15.2 Å². The number of fused-ring (bicyclic) bond motifs is 3. The normalized spacial score (nSPS) is 31.9. The Balaban J connectivity index is 0.000000890. The van der Waals surface area contributed by atoms with Crippen LogP contribution in [0.3, 0.4) is 0 Å². The lowest BCUT2D eigenvalue weighted by Crippen LogP contribution is -2.54. The smallest absolute Gasteiger partial charge is 0.251 e. The zero-order chi connectivity index (χ0) is 23.2. The number of alkyl halides is 1. The SMILES string of the molecule is CC.CC1(F)CCC(NC(=O)c2ccc3nc(N4C5CCC4CN(C4CC4)C5)sc3c2)CC1.[HH]. The van der Waals surface area contributed by atoms with Gasteiger partial charge in [0.15, 0.2) is 5.13 Å². The molecule has 5 nitrogen and oxygen atoms in total. The molecule has 1 aromatic heterocycles. The van der Waals surface area contributed by atoms with Gasteiger partial charge in [0.1, 0.15) is 5.67 Å². The fourth-order valence-corrected chi connectivity index (χ4v) is 6.93. The molecule has 182 valence electrons. The number of carbonyl (C=O) groups excluding carboxylic acids is 1. The molecule has 2 aliphatic heterocycles. The van der Waals surface area contributed by atoms with Crippen LogP contribution in [-0.2, 0) is 0 Å². The Hall–Kier alpha value is -1.73. The molecule has 1 N–H and O–H groups in total. The zero-order valence-electron chi connectivity index (χ0n) is 20.1. The van der Waals surface area contributed by atoms with Crippen LogP contribution in [0.5, 0.6) is 0 Å². The quantitative estimate of drug-likeness (QED) is 0.610. The van der Waals surface area contributed by atoms with Gasteiger partial charge in [-0.2, -0.15) is 0 Å². The number of thiazole rings is 1. The van der Waals surface area contributed by atoms with Gasteiger partial charge in [-0.1, -0.05) is 25.2 Å². The summed E-state index contributed by atoms with van der Waals surface area (Å²) in [5.74, 6) is -0.0533. The molecule has 4 aliphatic rings. The van der Waals surface area contributed by atoms with E-state index in [1.165, 1.54) is 38.8 Å². The van der Waals surface area contributed by atoms with E-state index in [1.54, 1.807) is 18.3 Å². The molecule has 2 atom stereocenters. The van der Waals surface area contributed by atoms with E-state index in [0.717, 1.165) is 21.4 Å². The summed E-state index contributed by atoms with van der Waals surface area (Å²) in [6, 6.07) is 7.91. The number of piperazine rings is 1. The lowest BCUT2D eigenvalue weighted by Gasteiger charge is -2.41. The third kappa shape index (κ3) is 4.76. The van der Waals surface area contributed by atoms with Gasteiger partial charge < -0.3 is 10.2 Å². The summed E-state index contributed by atoms with van der Waals surface area (Å²) >= 11 is 1.72. The van der Waals surface area contributed by atoms with Crippen molar-refractivity contribution in [3.8, 4) is 0 Å². The van der Waals surface area contributed by atoms with Crippen molar-refractivity contribution >= 4 is 32.6 Å². The molecule has 0 radical (unpaired) electrons. The molecule has 2 unspecified atom stereocenters. The summed E-state index contributed by atoms with van der Waals surface area (Å²) in [5.41, 5.74) is 0.576. The van der Waals surface area contributed by atoms with Crippen LogP contribution in [0.2, 0.25) is 0 Å². The average Bonchev–Trinajstić information content (AvgIpc) is 3.52. The standard InChI is InChI=1S/C24H31FN4OS.C2H6.H2/c1-24(25)10-8-16(9-11-24)26-22(30)15-2-7-20-21(12-15)31-23(27-20)29-18-5-6-19(29)14-28(13-18)17-3-4-17;1-2;/h2,7,12,16-19H,3-6,8-11,13-14H2,1H3,(H,26,30);1-2H3;1H. The van der Waals surface area contributed by atoms with Gasteiger partial charge in [0.05, 0.1) is 10.2 Å². The Morgan fingerprint density at radius 2 is 1.73 bits per heavy atom. The van der Waals surface area contributed by atoms with Crippen LogP contribution in [0.1, 0.15) is 83.9 Å². The van der Waals surface area contributed by atoms with Crippen molar-refractivity contribution < 1.29 is 10.6 Å². The number of hydrogen-bond donors (Lipinski definition) is 1. The number of anilines is 1. The molecule has 1 amide bonds. The van der Waals surface area contributed by atoms with Gasteiger partial charge in [-0.3, -0.25) is 9.69 Å². The van der Waals surface area contributed by atoms with Crippen LogP contribution in [0.25, 0.3) is 10.2 Å². The lowest BCUT2D eigenvalue weighted by molar-refractivity contribution is 0.0850. The van der Waals surface area contributed by atoms with Crippen LogP contribution < -0.4 is 10.2 Å². The second kappa shape index (κ2) is 9.14. The molecular formula is C26H39FN4OS. The molecule has 2 saturated carbocycles. The van der Waals surface area contributed by atoms with Gasteiger partial charge in [0, 0.05) is 44.2 Å². The topological polar surface area (TPSA) is 48.5 Å². The Labute approximate surface area is 202 Å². The first-order valence-corrected chi connectivity index (χ1v) is 13.7. The van der Waals surface area contributed by atoms with Gasteiger partial charge in [0.25, 0.3) is 5.91 Å². The van der Waals surface area contributed by atoms with E-state index in [-0.39, 0.29) is 13.4 Å². The predicted octanol–water partition coefficient (Wildman–Crippen LogP) is 5.78. The Morgan fingerprint density at radius 1 is 1.09 bits per heavy atom. The number of likely N-dealkylation sites (tertiary alicyclic amines) is 1. The first-order valence-electron chi connectivity index (χ1n) is 12.9. The highest BCUT2D eigenvalue weighted by atomic mass is 32.1. The van der Waals surface area contributed by atoms with E-state index in [9.17, 15) is 9.18 Å². The maximum Gasteiger partial charge on any atom is 0.251 e. The summed E-state index contributed by atoms with van der Waals surface area (Å²) in [6.07, 6.45) is 7.73. The highest BCUT2D eigenvalue weighted by Crippen LogP contribution is 2.41. The minimum absolute atomic E-state index is 0. The van der Waals surface area contributed by atoms with Gasteiger partial charge in [-0.05, 0) is 76.5 Å². The third-order valence-corrected chi connectivity index (χ3v) is 8.83. The van der Waals surface area contributed by atoms with Crippen molar-refractivity contribution in [3.63, 3.8) is 0 Å². The van der Waals surface area contributed by atoms with E-state index in [0.29, 0.717) is 43.3 Å². The van der Waals surface area contributed by atoms with Crippen LogP contribution in [0.4, 0.5) is 9.52 Å². The molecule has 0 spiro atoms. The van der Waals surface area contributed by atoms with Gasteiger partial charge in [-0.25, -0.2) is 9.37 Å². The largest absolute Gasteiger partial charge is 0.349 e. The van der Waals surface area contributed by atoms with Crippen LogP contribution >= 0.6 is 11.3 Å². The second-order valence-corrected chi connectivity index (χ2v) is 11.3. The van der Waals surface area contributed by atoms with Crippen LogP contribution in [0.15, 0.2) is 18.2 Å². The number of aromatic nitrogens is 1. The van der Waals surface area contributed by atoms with Crippen LogP contribution in [0, 0.1) is 0 Å². The first-order chi connectivity index (χ1) is 15.9. The number of benzene rings is 1. The van der Waals surface area contributed by atoms with Crippen molar-refractivity contribution in [2.75, 3.05) is 18.0 Å². The molecular weight excluding hydrogens is 435 g/mol. The summed E-state index contributed by atoms with van der Waals surface area (Å²) in [4.78, 5) is 23.0. The minimum Gasteiger partial charge on any atom is -0.349 e. The average molecular weight is 475 g/mol. The highest BCUT2D eigenvalue weighted by molar-refractivity contribution is 7.22. The number of nitrogens with one attached hydrogen (secondary N) is 1. The molecule has 33 heavy (non-hydrogen) atoms. The summed E-state index contributed by atoms with van der Waals surface area (Å²) in [6.45, 7) is 8.01. The number of amides is 1. The van der Waals surface area contributed by atoms with E-state index in [2.05, 4.69) is 15.1 Å². The highest BCUT2D eigenvalue weighted by Gasteiger charge is 2.45. The summed E-state index contributed by atoms with van der Waals surface area (Å²) in [7, 11) is 0. The number of carbonyl (C=O) groups is 1. The first kappa shape index (κ1) is 23.0. The fraction of sp³-hybridized carbons (Fsp3) is 0.692. The predicted molar refractivity (Wildman–Crippen MR) is 136 cm³/mol.